The van der Waals surface area contributed by atoms with E-state index in [0.29, 0.717) is 6.54 Å². The van der Waals surface area contributed by atoms with Gasteiger partial charge in [0.1, 0.15) is 0 Å². The van der Waals surface area contributed by atoms with E-state index in [1.54, 1.807) is 0 Å². The molecule has 2 N–H and O–H groups in total. The van der Waals surface area contributed by atoms with Gasteiger partial charge in [0.25, 0.3) is 0 Å². The molecule has 0 bridgehead atoms. The number of fused-ring (bicyclic) bond motifs is 2. The van der Waals surface area contributed by atoms with Crippen LogP contribution in [0.2, 0.25) is 0 Å². The van der Waals surface area contributed by atoms with Crippen molar-refractivity contribution in [2.75, 3.05) is 32.0 Å². The van der Waals surface area contributed by atoms with Gasteiger partial charge in [0, 0.05) is 12.2 Å². The SMILES string of the molecule is CC1CCC(c2ccc3c(c2)C2(CCN(C)CC2)C(=O)N3)N(C(=O)C(=O)O)C1. The summed E-state index contributed by atoms with van der Waals surface area (Å²) in [7, 11) is 2.07. The van der Waals surface area contributed by atoms with Crippen LogP contribution in [0.15, 0.2) is 18.2 Å². The van der Waals surface area contributed by atoms with Gasteiger partial charge >= 0.3 is 11.9 Å². The third kappa shape index (κ3) is 2.98. The smallest absolute Gasteiger partial charge is 0.394 e. The van der Waals surface area contributed by atoms with E-state index in [1.807, 2.05) is 25.1 Å². The minimum atomic E-state index is -1.41. The maximum absolute atomic E-state index is 12.8. The second kappa shape index (κ2) is 6.88. The number of carbonyl (C=O) groups is 3. The van der Waals surface area contributed by atoms with E-state index in [1.165, 1.54) is 4.90 Å². The first kappa shape index (κ1) is 18.9. The van der Waals surface area contributed by atoms with Gasteiger partial charge in [0.2, 0.25) is 5.91 Å². The summed E-state index contributed by atoms with van der Waals surface area (Å²) in [4.78, 5) is 40.2. The lowest BCUT2D eigenvalue weighted by atomic mass is 9.73. The van der Waals surface area contributed by atoms with Gasteiger partial charge in [-0.2, -0.15) is 0 Å². The standard InChI is InChI=1S/C21H27N3O4/c1-13-3-6-17(24(12-13)18(25)19(26)27)14-4-5-16-15(11-14)21(20(28)22-16)7-9-23(2)10-8-21/h4-5,11,13,17H,3,6-10,12H2,1-2H3,(H,22,28)(H,26,27). The molecular weight excluding hydrogens is 358 g/mol. The van der Waals surface area contributed by atoms with Crippen LogP contribution < -0.4 is 5.32 Å². The zero-order valence-corrected chi connectivity index (χ0v) is 16.4. The number of anilines is 1. The molecule has 28 heavy (non-hydrogen) atoms. The zero-order valence-electron chi connectivity index (χ0n) is 16.4. The second-order valence-corrected chi connectivity index (χ2v) is 8.61. The molecule has 1 spiro atoms. The number of piperidine rings is 2. The predicted molar refractivity (Wildman–Crippen MR) is 104 cm³/mol. The van der Waals surface area contributed by atoms with Crippen molar-refractivity contribution in [3.63, 3.8) is 0 Å². The zero-order chi connectivity index (χ0) is 20.1. The van der Waals surface area contributed by atoms with E-state index >= 15 is 0 Å². The highest BCUT2D eigenvalue weighted by Crippen LogP contribution is 2.46. The Balaban J connectivity index is 1.70. The van der Waals surface area contributed by atoms with E-state index < -0.39 is 17.3 Å². The van der Waals surface area contributed by atoms with Crippen molar-refractivity contribution < 1.29 is 19.5 Å². The minimum Gasteiger partial charge on any atom is -0.474 e. The molecule has 2 fully saturated rings. The molecule has 2 atom stereocenters. The number of amides is 2. The number of hydrogen-bond acceptors (Lipinski definition) is 4. The molecule has 3 aliphatic rings. The topological polar surface area (TPSA) is 90.0 Å². The number of carbonyl (C=O) groups excluding carboxylic acids is 2. The predicted octanol–water partition coefficient (Wildman–Crippen LogP) is 1.99. The molecule has 4 rings (SSSR count). The van der Waals surface area contributed by atoms with Crippen molar-refractivity contribution in [1.82, 2.24) is 9.80 Å². The molecule has 1 aromatic carbocycles. The molecule has 0 radical (unpaired) electrons. The molecule has 2 amide bonds. The second-order valence-electron chi connectivity index (χ2n) is 8.61. The highest BCUT2D eigenvalue weighted by Gasteiger charge is 2.48. The average Bonchev–Trinajstić information content (AvgIpc) is 2.94. The number of hydrogen-bond donors (Lipinski definition) is 2. The van der Waals surface area contributed by atoms with Gasteiger partial charge in [-0.3, -0.25) is 9.59 Å². The monoisotopic (exact) mass is 385 g/mol. The number of likely N-dealkylation sites (tertiary alicyclic amines) is 2. The normalized spacial score (nSPS) is 26.8. The first-order valence-corrected chi connectivity index (χ1v) is 10.00. The number of nitrogens with one attached hydrogen (secondary N) is 1. The summed E-state index contributed by atoms with van der Waals surface area (Å²) in [6.45, 7) is 4.21. The quantitative estimate of drug-likeness (QED) is 0.722. The summed E-state index contributed by atoms with van der Waals surface area (Å²) in [6, 6.07) is 5.62. The Hall–Kier alpha value is -2.41. The molecule has 0 aromatic heterocycles. The molecule has 150 valence electrons. The van der Waals surface area contributed by atoms with Crippen molar-refractivity contribution in [3.05, 3.63) is 29.3 Å². The van der Waals surface area contributed by atoms with Gasteiger partial charge < -0.3 is 20.2 Å². The van der Waals surface area contributed by atoms with Gasteiger partial charge in [-0.05, 0) is 68.9 Å². The molecule has 7 nitrogen and oxygen atoms in total. The van der Waals surface area contributed by atoms with E-state index in [-0.39, 0.29) is 17.9 Å². The van der Waals surface area contributed by atoms with E-state index in [2.05, 4.69) is 17.3 Å². The summed E-state index contributed by atoms with van der Waals surface area (Å²) in [5, 5.41) is 12.3. The molecule has 0 saturated carbocycles. The molecule has 7 heteroatoms. The molecule has 1 aromatic rings. The highest BCUT2D eigenvalue weighted by molar-refractivity contribution is 6.31. The first-order chi connectivity index (χ1) is 13.3. The lowest BCUT2D eigenvalue weighted by Gasteiger charge is -2.39. The third-order valence-corrected chi connectivity index (χ3v) is 6.73. The lowest BCUT2D eigenvalue weighted by Crippen LogP contribution is -2.45. The third-order valence-electron chi connectivity index (χ3n) is 6.73. The van der Waals surface area contributed by atoms with E-state index in [0.717, 1.165) is 55.6 Å². The maximum atomic E-state index is 12.8. The fourth-order valence-electron chi connectivity index (χ4n) is 4.98. The highest BCUT2D eigenvalue weighted by atomic mass is 16.4. The van der Waals surface area contributed by atoms with Crippen LogP contribution in [0.5, 0.6) is 0 Å². The number of rotatable bonds is 1. The number of carboxylic acids is 1. The molecule has 3 heterocycles. The number of nitrogens with zero attached hydrogens (tertiary/aromatic N) is 2. The van der Waals surface area contributed by atoms with Gasteiger partial charge in [0.15, 0.2) is 0 Å². The van der Waals surface area contributed by atoms with Crippen LogP contribution >= 0.6 is 0 Å². The van der Waals surface area contributed by atoms with Gasteiger partial charge in [0.05, 0.1) is 11.5 Å². The first-order valence-electron chi connectivity index (χ1n) is 10.00. The van der Waals surface area contributed by atoms with Gasteiger partial charge in [-0.25, -0.2) is 4.79 Å². The van der Waals surface area contributed by atoms with Crippen LogP contribution in [0.4, 0.5) is 5.69 Å². The lowest BCUT2D eigenvalue weighted by molar-refractivity contribution is -0.158. The molecule has 3 aliphatic heterocycles. The number of aliphatic carboxylic acids is 1. The van der Waals surface area contributed by atoms with Crippen LogP contribution in [0, 0.1) is 5.92 Å². The van der Waals surface area contributed by atoms with E-state index in [4.69, 9.17) is 0 Å². The van der Waals surface area contributed by atoms with Gasteiger partial charge in [-0.15, -0.1) is 0 Å². The van der Waals surface area contributed by atoms with Gasteiger partial charge in [-0.1, -0.05) is 19.1 Å². The summed E-state index contributed by atoms with van der Waals surface area (Å²) in [5.41, 5.74) is 2.26. The summed E-state index contributed by atoms with van der Waals surface area (Å²) in [6.07, 6.45) is 3.21. The Bertz CT molecular complexity index is 829. The number of benzene rings is 1. The Morgan fingerprint density at radius 1 is 1.21 bits per heavy atom. The molecule has 2 unspecified atom stereocenters. The Labute approximate surface area is 164 Å². The largest absolute Gasteiger partial charge is 0.474 e. The van der Waals surface area contributed by atoms with Crippen molar-refractivity contribution in [2.45, 2.75) is 44.1 Å². The van der Waals surface area contributed by atoms with Crippen LogP contribution in [0.3, 0.4) is 0 Å². The summed E-state index contributed by atoms with van der Waals surface area (Å²) in [5.74, 6) is -1.93. The molecule has 0 aliphatic carbocycles. The number of carboxylic acid groups (broad SMARTS) is 1. The summed E-state index contributed by atoms with van der Waals surface area (Å²) < 4.78 is 0. The molecule has 2 saturated heterocycles. The Kier molecular flexibility index (Phi) is 4.65. The van der Waals surface area contributed by atoms with Crippen LogP contribution in [-0.4, -0.2) is 59.4 Å². The van der Waals surface area contributed by atoms with Crippen LogP contribution in [-0.2, 0) is 19.8 Å². The Morgan fingerprint density at radius 2 is 1.93 bits per heavy atom. The maximum Gasteiger partial charge on any atom is 0.394 e. The van der Waals surface area contributed by atoms with Crippen LogP contribution in [0.1, 0.15) is 49.8 Å². The molecular formula is C21H27N3O4. The fourth-order valence-corrected chi connectivity index (χ4v) is 4.98. The fraction of sp³-hybridized carbons (Fsp3) is 0.571. The minimum absolute atomic E-state index is 0.0588. The average molecular weight is 385 g/mol. The van der Waals surface area contributed by atoms with Crippen molar-refractivity contribution >= 4 is 23.5 Å². The van der Waals surface area contributed by atoms with Crippen molar-refractivity contribution in [1.29, 1.82) is 0 Å². The summed E-state index contributed by atoms with van der Waals surface area (Å²) >= 11 is 0. The van der Waals surface area contributed by atoms with Crippen LogP contribution in [0.25, 0.3) is 0 Å². The van der Waals surface area contributed by atoms with E-state index in [9.17, 15) is 19.5 Å². The van der Waals surface area contributed by atoms with Crippen molar-refractivity contribution in [2.24, 2.45) is 5.92 Å². The van der Waals surface area contributed by atoms with Crippen molar-refractivity contribution in [3.8, 4) is 0 Å². The Morgan fingerprint density at radius 3 is 2.61 bits per heavy atom.